The lowest BCUT2D eigenvalue weighted by atomic mass is 10.1. The lowest BCUT2D eigenvalue weighted by Crippen LogP contribution is -2.40. The van der Waals surface area contributed by atoms with Crippen LogP contribution in [0.15, 0.2) is 18.2 Å². The second-order valence-corrected chi connectivity index (χ2v) is 5.57. The molecule has 1 aromatic carbocycles. The Morgan fingerprint density at radius 2 is 1.85 bits per heavy atom. The number of amides is 2. The number of hydrogen-bond donors (Lipinski definition) is 1. The minimum atomic E-state index is -0.132. The van der Waals surface area contributed by atoms with Crippen LogP contribution >= 0.6 is 0 Å². The minimum absolute atomic E-state index is 0.0601. The first-order valence-corrected chi connectivity index (χ1v) is 6.93. The molecule has 0 radical (unpaired) electrons. The molecule has 0 atom stereocenters. The molecule has 0 saturated carbocycles. The molecule has 0 spiro atoms. The summed E-state index contributed by atoms with van der Waals surface area (Å²) in [6.45, 7) is 10.2. The van der Waals surface area contributed by atoms with Crippen LogP contribution in [-0.2, 0) is 9.59 Å². The molecule has 110 valence electrons. The summed E-state index contributed by atoms with van der Waals surface area (Å²) in [5.41, 5.74) is 3.04. The normalized spacial score (nSPS) is 10.5. The molecule has 0 saturated heterocycles. The fourth-order valence-electron chi connectivity index (χ4n) is 1.80. The van der Waals surface area contributed by atoms with Gasteiger partial charge in [-0.2, -0.15) is 0 Å². The third-order valence-corrected chi connectivity index (χ3v) is 3.19. The highest BCUT2D eigenvalue weighted by atomic mass is 16.2. The maximum atomic E-state index is 11.9. The highest BCUT2D eigenvalue weighted by molar-refractivity contribution is 5.97. The van der Waals surface area contributed by atoms with Crippen molar-refractivity contribution in [1.82, 2.24) is 5.32 Å². The molecule has 0 aromatic heterocycles. The van der Waals surface area contributed by atoms with Crippen molar-refractivity contribution in [2.24, 2.45) is 5.92 Å². The summed E-state index contributed by atoms with van der Waals surface area (Å²) in [6.07, 6.45) is 0. The monoisotopic (exact) mass is 276 g/mol. The van der Waals surface area contributed by atoms with E-state index in [0.29, 0.717) is 12.5 Å². The maximum absolute atomic E-state index is 11.9. The zero-order chi connectivity index (χ0) is 15.3. The SMILES string of the molecule is CC(=O)N(CC(=O)NCC(C)C)c1ccc(C)c(C)c1. The Hall–Kier alpha value is -1.84. The van der Waals surface area contributed by atoms with Crippen LogP contribution in [0.3, 0.4) is 0 Å². The molecule has 0 unspecified atom stereocenters. The van der Waals surface area contributed by atoms with Crippen LogP contribution < -0.4 is 10.2 Å². The van der Waals surface area contributed by atoms with E-state index in [1.165, 1.54) is 17.4 Å². The van der Waals surface area contributed by atoms with Gasteiger partial charge in [0.25, 0.3) is 0 Å². The standard InChI is InChI=1S/C16H24N2O2/c1-11(2)9-17-16(20)10-18(14(5)19)15-7-6-12(3)13(4)8-15/h6-8,11H,9-10H2,1-5H3,(H,17,20). The molecule has 1 rings (SSSR count). The van der Waals surface area contributed by atoms with E-state index in [0.717, 1.165) is 11.3 Å². The van der Waals surface area contributed by atoms with Crippen molar-refractivity contribution in [2.75, 3.05) is 18.0 Å². The summed E-state index contributed by atoms with van der Waals surface area (Å²) < 4.78 is 0. The number of aryl methyl sites for hydroxylation is 2. The number of nitrogens with zero attached hydrogens (tertiary/aromatic N) is 1. The third kappa shape index (κ3) is 4.68. The number of nitrogens with one attached hydrogen (secondary N) is 1. The van der Waals surface area contributed by atoms with Crippen molar-refractivity contribution < 1.29 is 9.59 Å². The summed E-state index contributed by atoms with van der Waals surface area (Å²) in [4.78, 5) is 25.1. The van der Waals surface area contributed by atoms with Gasteiger partial charge in [0.1, 0.15) is 6.54 Å². The quantitative estimate of drug-likeness (QED) is 0.898. The number of rotatable bonds is 5. The largest absolute Gasteiger partial charge is 0.354 e. The Kier molecular flexibility index (Phi) is 5.74. The zero-order valence-electron chi connectivity index (χ0n) is 13.0. The van der Waals surface area contributed by atoms with E-state index in [-0.39, 0.29) is 18.4 Å². The Bertz CT molecular complexity index is 495. The molecule has 0 aliphatic heterocycles. The van der Waals surface area contributed by atoms with Crippen molar-refractivity contribution in [3.63, 3.8) is 0 Å². The van der Waals surface area contributed by atoms with Gasteiger partial charge in [-0.05, 0) is 43.0 Å². The Labute approximate surface area is 121 Å². The van der Waals surface area contributed by atoms with Gasteiger partial charge >= 0.3 is 0 Å². The lowest BCUT2D eigenvalue weighted by Gasteiger charge is -2.22. The van der Waals surface area contributed by atoms with Crippen molar-refractivity contribution in [1.29, 1.82) is 0 Å². The second kappa shape index (κ2) is 7.08. The van der Waals surface area contributed by atoms with Crippen LogP contribution in [0.1, 0.15) is 31.9 Å². The number of hydrogen-bond acceptors (Lipinski definition) is 2. The molecular weight excluding hydrogens is 252 g/mol. The summed E-state index contributed by atoms with van der Waals surface area (Å²) in [5.74, 6) is 0.131. The van der Waals surface area contributed by atoms with E-state index in [9.17, 15) is 9.59 Å². The van der Waals surface area contributed by atoms with E-state index in [2.05, 4.69) is 5.32 Å². The van der Waals surface area contributed by atoms with E-state index in [1.54, 1.807) is 0 Å². The summed E-state index contributed by atoms with van der Waals surface area (Å²) in [5, 5.41) is 2.83. The number of benzene rings is 1. The van der Waals surface area contributed by atoms with Crippen LogP contribution in [0.5, 0.6) is 0 Å². The van der Waals surface area contributed by atoms with Gasteiger partial charge in [0, 0.05) is 19.2 Å². The number of anilines is 1. The van der Waals surface area contributed by atoms with E-state index in [4.69, 9.17) is 0 Å². The first kappa shape index (κ1) is 16.2. The topological polar surface area (TPSA) is 49.4 Å². The molecule has 2 amide bonds. The fraction of sp³-hybridized carbons (Fsp3) is 0.500. The lowest BCUT2D eigenvalue weighted by molar-refractivity contribution is -0.123. The second-order valence-electron chi connectivity index (χ2n) is 5.57. The Balaban J connectivity index is 2.81. The molecule has 0 heterocycles. The van der Waals surface area contributed by atoms with Gasteiger partial charge in [0.15, 0.2) is 0 Å². The molecule has 0 fully saturated rings. The highest BCUT2D eigenvalue weighted by Gasteiger charge is 2.16. The predicted octanol–water partition coefficient (Wildman–Crippen LogP) is 2.43. The van der Waals surface area contributed by atoms with Crippen LogP contribution in [0, 0.1) is 19.8 Å². The van der Waals surface area contributed by atoms with E-state index >= 15 is 0 Å². The van der Waals surface area contributed by atoms with Gasteiger partial charge in [0.05, 0.1) is 0 Å². The Morgan fingerprint density at radius 1 is 1.20 bits per heavy atom. The van der Waals surface area contributed by atoms with E-state index < -0.39 is 0 Å². The van der Waals surface area contributed by atoms with Gasteiger partial charge in [-0.25, -0.2) is 0 Å². The zero-order valence-corrected chi connectivity index (χ0v) is 13.0. The molecular formula is C16H24N2O2. The molecule has 4 heteroatoms. The van der Waals surface area contributed by atoms with Crippen LogP contribution in [0.4, 0.5) is 5.69 Å². The molecule has 0 aliphatic rings. The number of carbonyl (C=O) groups is 2. The third-order valence-electron chi connectivity index (χ3n) is 3.19. The van der Waals surface area contributed by atoms with Crippen LogP contribution in [-0.4, -0.2) is 24.9 Å². The van der Waals surface area contributed by atoms with Crippen molar-refractivity contribution in [3.8, 4) is 0 Å². The summed E-state index contributed by atoms with van der Waals surface area (Å²) >= 11 is 0. The van der Waals surface area contributed by atoms with Gasteiger partial charge in [-0.1, -0.05) is 19.9 Å². The van der Waals surface area contributed by atoms with Crippen LogP contribution in [0.2, 0.25) is 0 Å². The molecule has 20 heavy (non-hydrogen) atoms. The molecule has 0 bridgehead atoms. The summed E-state index contributed by atoms with van der Waals surface area (Å²) in [6, 6.07) is 5.78. The predicted molar refractivity (Wildman–Crippen MR) is 81.8 cm³/mol. The van der Waals surface area contributed by atoms with Crippen molar-refractivity contribution in [2.45, 2.75) is 34.6 Å². The average Bonchev–Trinajstić information content (AvgIpc) is 2.36. The molecule has 1 aromatic rings. The van der Waals surface area contributed by atoms with E-state index in [1.807, 2.05) is 45.9 Å². The average molecular weight is 276 g/mol. The molecule has 1 N–H and O–H groups in total. The van der Waals surface area contributed by atoms with Crippen molar-refractivity contribution in [3.05, 3.63) is 29.3 Å². The first-order chi connectivity index (χ1) is 9.31. The molecule has 0 aliphatic carbocycles. The van der Waals surface area contributed by atoms with Gasteiger partial charge in [-0.3, -0.25) is 9.59 Å². The van der Waals surface area contributed by atoms with Crippen molar-refractivity contribution >= 4 is 17.5 Å². The Morgan fingerprint density at radius 3 is 2.35 bits per heavy atom. The smallest absolute Gasteiger partial charge is 0.240 e. The summed E-state index contributed by atoms with van der Waals surface area (Å²) in [7, 11) is 0. The van der Waals surface area contributed by atoms with Crippen LogP contribution in [0.25, 0.3) is 0 Å². The van der Waals surface area contributed by atoms with Gasteiger partial charge in [0.2, 0.25) is 11.8 Å². The van der Waals surface area contributed by atoms with Gasteiger partial charge < -0.3 is 10.2 Å². The molecule has 4 nitrogen and oxygen atoms in total. The maximum Gasteiger partial charge on any atom is 0.240 e. The van der Waals surface area contributed by atoms with Gasteiger partial charge in [-0.15, -0.1) is 0 Å². The number of carbonyl (C=O) groups excluding carboxylic acids is 2. The first-order valence-electron chi connectivity index (χ1n) is 6.93. The fourth-order valence-corrected chi connectivity index (χ4v) is 1.80. The highest BCUT2D eigenvalue weighted by Crippen LogP contribution is 2.18. The minimum Gasteiger partial charge on any atom is -0.354 e.